The first-order valence-electron chi connectivity index (χ1n) is 4.11. The van der Waals surface area contributed by atoms with Gasteiger partial charge in [0.2, 0.25) is 0 Å². The van der Waals surface area contributed by atoms with Gasteiger partial charge in [-0.15, -0.1) is 12.4 Å². The van der Waals surface area contributed by atoms with E-state index in [1.165, 1.54) is 0 Å². The molecule has 2 aliphatic rings. The first-order valence-corrected chi connectivity index (χ1v) is 4.11. The quantitative estimate of drug-likeness (QED) is 0.493. The second-order valence-corrected chi connectivity index (χ2v) is 3.21. The Morgan fingerprint density at radius 3 is 3.00 bits per heavy atom. The Bertz CT molecular complexity index is 176. The lowest BCUT2D eigenvalue weighted by Crippen LogP contribution is -2.60. The molecule has 0 saturated carbocycles. The Kier molecular flexibility index (Phi) is 3.17. The molecule has 12 heavy (non-hydrogen) atoms. The lowest BCUT2D eigenvalue weighted by atomic mass is 9.92. The fourth-order valence-electron chi connectivity index (χ4n) is 1.77. The molecule has 2 atom stereocenters. The van der Waals surface area contributed by atoms with Crippen LogP contribution in [0.15, 0.2) is 0 Å². The van der Waals surface area contributed by atoms with Crippen LogP contribution in [0.3, 0.4) is 0 Å². The number of fused-ring (bicyclic) bond motifs is 1. The van der Waals surface area contributed by atoms with Crippen LogP contribution in [0.4, 0.5) is 4.79 Å². The molecule has 2 amide bonds. The third-order valence-corrected chi connectivity index (χ3v) is 2.45. The number of nitrogens with one attached hydrogen (secondary N) is 3. The largest absolute Gasteiger partial charge is 0.338 e. The van der Waals surface area contributed by atoms with Gasteiger partial charge in [0.05, 0.1) is 0 Å². The van der Waals surface area contributed by atoms with Crippen LogP contribution in [-0.2, 0) is 0 Å². The number of halogens is 1. The van der Waals surface area contributed by atoms with E-state index in [4.69, 9.17) is 0 Å². The highest BCUT2D eigenvalue weighted by Crippen LogP contribution is 2.12. The second kappa shape index (κ2) is 3.96. The zero-order chi connectivity index (χ0) is 7.68. The van der Waals surface area contributed by atoms with Crippen molar-refractivity contribution in [3.05, 3.63) is 0 Å². The smallest absolute Gasteiger partial charge is 0.315 e. The summed E-state index contributed by atoms with van der Waals surface area (Å²) < 4.78 is 0. The highest BCUT2D eigenvalue weighted by atomic mass is 35.5. The van der Waals surface area contributed by atoms with Crippen LogP contribution in [0.2, 0.25) is 0 Å². The van der Waals surface area contributed by atoms with Gasteiger partial charge in [0.15, 0.2) is 0 Å². The summed E-state index contributed by atoms with van der Waals surface area (Å²) >= 11 is 0. The summed E-state index contributed by atoms with van der Waals surface area (Å²) in [5, 5.41) is 9.03. The SMILES string of the molecule is Cl.O=C1NC[C@@H]2CNCC[C@H]2N1. The molecule has 2 aliphatic heterocycles. The predicted molar refractivity (Wildman–Crippen MR) is 48.5 cm³/mol. The van der Waals surface area contributed by atoms with E-state index in [1.807, 2.05) is 0 Å². The van der Waals surface area contributed by atoms with Crippen LogP contribution < -0.4 is 16.0 Å². The number of hydrogen-bond acceptors (Lipinski definition) is 2. The minimum absolute atomic E-state index is 0. The van der Waals surface area contributed by atoms with Gasteiger partial charge >= 0.3 is 6.03 Å². The van der Waals surface area contributed by atoms with E-state index < -0.39 is 0 Å². The number of amides is 2. The van der Waals surface area contributed by atoms with Gasteiger partial charge in [-0.1, -0.05) is 0 Å². The van der Waals surface area contributed by atoms with Crippen LogP contribution in [0, 0.1) is 5.92 Å². The zero-order valence-corrected chi connectivity index (χ0v) is 7.62. The summed E-state index contributed by atoms with van der Waals surface area (Å²) in [6.07, 6.45) is 1.07. The first kappa shape index (κ1) is 9.61. The molecule has 2 heterocycles. The van der Waals surface area contributed by atoms with Crippen molar-refractivity contribution in [1.29, 1.82) is 0 Å². The molecule has 3 N–H and O–H groups in total. The molecular formula is C7H14ClN3O. The maximum absolute atomic E-state index is 10.9. The molecule has 70 valence electrons. The molecule has 5 heteroatoms. The molecule has 0 radical (unpaired) electrons. The van der Waals surface area contributed by atoms with Crippen molar-refractivity contribution in [2.75, 3.05) is 19.6 Å². The van der Waals surface area contributed by atoms with Crippen LogP contribution >= 0.6 is 12.4 Å². The monoisotopic (exact) mass is 191 g/mol. The van der Waals surface area contributed by atoms with Crippen molar-refractivity contribution in [2.24, 2.45) is 5.92 Å². The maximum Gasteiger partial charge on any atom is 0.315 e. The van der Waals surface area contributed by atoms with Crippen molar-refractivity contribution in [1.82, 2.24) is 16.0 Å². The molecule has 0 unspecified atom stereocenters. The summed E-state index contributed by atoms with van der Waals surface area (Å²) in [5.74, 6) is 0.585. The van der Waals surface area contributed by atoms with E-state index in [0.717, 1.165) is 26.1 Å². The van der Waals surface area contributed by atoms with Gasteiger partial charge in [0.25, 0.3) is 0 Å². The third kappa shape index (κ3) is 1.81. The summed E-state index contributed by atoms with van der Waals surface area (Å²) in [6.45, 7) is 2.88. The number of hydrogen-bond donors (Lipinski definition) is 3. The number of rotatable bonds is 0. The van der Waals surface area contributed by atoms with Gasteiger partial charge in [-0.2, -0.15) is 0 Å². The van der Waals surface area contributed by atoms with Crippen LogP contribution in [0.25, 0.3) is 0 Å². The standard InChI is InChI=1S/C7H13N3O.ClH/c11-7-9-4-5-3-8-2-1-6(5)10-7;/h5-6,8H,1-4H2,(H2,9,10,11);1H/t5-,6+;/m0./s1. The van der Waals surface area contributed by atoms with Crippen molar-refractivity contribution >= 4 is 18.4 Å². The van der Waals surface area contributed by atoms with Crippen LogP contribution in [0.5, 0.6) is 0 Å². The summed E-state index contributed by atoms with van der Waals surface area (Å²) in [4.78, 5) is 10.9. The molecule has 0 aromatic carbocycles. The summed E-state index contributed by atoms with van der Waals surface area (Å²) in [6, 6.07) is 0.401. The van der Waals surface area contributed by atoms with Crippen molar-refractivity contribution < 1.29 is 4.79 Å². The van der Waals surface area contributed by atoms with E-state index in [1.54, 1.807) is 0 Å². The van der Waals surface area contributed by atoms with Gasteiger partial charge in [0.1, 0.15) is 0 Å². The van der Waals surface area contributed by atoms with E-state index >= 15 is 0 Å². The molecule has 2 fully saturated rings. The predicted octanol–water partition coefficient (Wildman–Crippen LogP) is -0.301. The molecule has 2 rings (SSSR count). The minimum atomic E-state index is -0.00634. The zero-order valence-electron chi connectivity index (χ0n) is 6.80. The molecule has 4 nitrogen and oxygen atoms in total. The van der Waals surface area contributed by atoms with E-state index in [-0.39, 0.29) is 18.4 Å². The highest BCUT2D eigenvalue weighted by molar-refractivity contribution is 5.85. The topological polar surface area (TPSA) is 53.2 Å². The van der Waals surface area contributed by atoms with Gasteiger partial charge in [0, 0.05) is 25.0 Å². The third-order valence-electron chi connectivity index (χ3n) is 2.45. The van der Waals surface area contributed by atoms with Gasteiger partial charge in [-0.3, -0.25) is 0 Å². The van der Waals surface area contributed by atoms with Gasteiger partial charge in [-0.05, 0) is 13.0 Å². The molecule has 2 saturated heterocycles. The van der Waals surface area contributed by atoms with Crippen molar-refractivity contribution in [3.63, 3.8) is 0 Å². The lowest BCUT2D eigenvalue weighted by molar-refractivity contribution is 0.199. The normalized spacial score (nSPS) is 33.8. The Hall–Kier alpha value is -0.480. The van der Waals surface area contributed by atoms with Crippen molar-refractivity contribution in [3.8, 4) is 0 Å². The molecule has 0 aliphatic carbocycles. The minimum Gasteiger partial charge on any atom is -0.338 e. The summed E-state index contributed by atoms with van der Waals surface area (Å²) in [5.41, 5.74) is 0. The Morgan fingerprint density at radius 1 is 1.33 bits per heavy atom. The molecule has 0 aromatic heterocycles. The fourth-order valence-corrected chi connectivity index (χ4v) is 1.77. The molecule has 0 spiro atoms. The summed E-state index contributed by atoms with van der Waals surface area (Å²) in [7, 11) is 0. The van der Waals surface area contributed by atoms with E-state index in [2.05, 4.69) is 16.0 Å². The number of carbonyl (C=O) groups is 1. The van der Waals surface area contributed by atoms with Crippen LogP contribution in [-0.4, -0.2) is 31.7 Å². The number of carbonyl (C=O) groups excluding carboxylic acids is 1. The fraction of sp³-hybridized carbons (Fsp3) is 0.857. The van der Waals surface area contributed by atoms with Gasteiger partial charge < -0.3 is 16.0 Å². The number of piperidine rings is 1. The Labute approximate surface area is 77.9 Å². The maximum atomic E-state index is 10.9. The Morgan fingerprint density at radius 2 is 2.17 bits per heavy atom. The lowest BCUT2D eigenvalue weighted by Gasteiger charge is -2.36. The molecule has 0 aromatic rings. The highest BCUT2D eigenvalue weighted by Gasteiger charge is 2.29. The number of urea groups is 1. The average Bonchev–Trinajstić information content (AvgIpc) is 2.04. The second-order valence-electron chi connectivity index (χ2n) is 3.21. The van der Waals surface area contributed by atoms with Crippen molar-refractivity contribution in [2.45, 2.75) is 12.5 Å². The molecule has 0 bridgehead atoms. The first-order chi connectivity index (χ1) is 5.36. The van der Waals surface area contributed by atoms with E-state index in [9.17, 15) is 4.79 Å². The molecular weight excluding hydrogens is 178 g/mol. The van der Waals surface area contributed by atoms with Crippen LogP contribution in [0.1, 0.15) is 6.42 Å². The van der Waals surface area contributed by atoms with E-state index in [0.29, 0.717) is 12.0 Å². The Balaban J connectivity index is 0.000000720. The van der Waals surface area contributed by atoms with Gasteiger partial charge in [-0.25, -0.2) is 4.79 Å². The average molecular weight is 192 g/mol.